The minimum Gasteiger partial charge on any atom is -0.388 e. The molecule has 1 aliphatic rings. The quantitative estimate of drug-likeness (QED) is 0.848. The van der Waals surface area contributed by atoms with Gasteiger partial charge in [-0.25, -0.2) is 0 Å². The van der Waals surface area contributed by atoms with Gasteiger partial charge in [-0.2, -0.15) is 0 Å². The highest BCUT2D eigenvalue weighted by molar-refractivity contribution is 5.81. The number of aliphatic hydroxyl groups is 1. The van der Waals surface area contributed by atoms with Crippen LogP contribution in [0.3, 0.4) is 0 Å². The Labute approximate surface area is 125 Å². The molecule has 0 saturated carbocycles. The van der Waals surface area contributed by atoms with Gasteiger partial charge in [-0.15, -0.1) is 0 Å². The second-order valence-electron chi connectivity index (χ2n) is 5.69. The molecule has 0 bridgehead atoms. The molecule has 1 amide bonds. The number of aliphatic hydroxyl groups excluding tert-OH is 1. The van der Waals surface area contributed by atoms with Crippen LogP contribution >= 0.6 is 0 Å². The molecular formula is C16H24N2O3. The summed E-state index contributed by atoms with van der Waals surface area (Å²) in [5, 5.41) is 13.1. The maximum absolute atomic E-state index is 12.1. The molecule has 116 valence electrons. The van der Waals surface area contributed by atoms with E-state index in [0.29, 0.717) is 19.6 Å². The largest absolute Gasteiger partial charge is 0.388 e. The van der Waals surface area contributed by atoms with E-state index in [1.807, 2.05) is 44.3 Å². The summed E-state index contributed by atoms with van der Waals surface area (Å²) >= 11 is 0. The van der Waals surface area contributed by atoms with E-state index in [0.717, 1.165) is 12.1 Å². The molecular weight excluding hydrogens is 268 g/mol. The third-order valence-electron chi connectivity index (χ3n) is 3.71. The molecule has 0 aliphatic carbocycles. The van der Waals surface area contributed by atoms with Crippen LogP contribution in [-0.2, 0) is 9.53 Å². The number of hydrogen-bond donors (Lipinski definition) is 2. The lowest BCUT2D eigenvalue weighted by Crippen LogP contribution is -2.50. The molecule has 1 aliphatic heterocycles. The van der Waals surface area contributed by atoms with Crippen molar-refractivity contribution in [2.45, 2.75) is 31.6 Å². The van der Waals surface area contributed by atoms with Crippen LogP contribution in [0.4, 0.5) is 0 Å². The van der Waals surface area contributed by atoms with E-state index >= 15 is 0 Å². The van der Waals surface area contributed by atoms with Gasteiger partial charge in [0.15, 0.2) is 0 Å². The van der Waals surface area contributed by atoms with Crippen molar-refractivity contribution in [2.24, 2.45) is 0 Å². The Hall–Kier alpha value is -1.43. The van der Waals surface area contributed by atoms with E-state index < -0.39 is 12.2 Å². The van der Waals surface area contributed by atoms with E-state index in [1.165, 1.54) is 0 Å². The Morgan fingerprint density at radius 1 is 1.48 bits per heavy atom. The number of ether oxygens (including phenoxy) is 1. The average Bonchev–Trinajstić information content (AvgIpc) is 2.48. The van der Waals surface area contributed by atoms with E-state index in [9.17, 15) is 9.90 Å². The SMILES string of the molecule is C[C@H](C[C@@H](O)c1ccccc1)NC(=O)[C@@H]1CN(C)CCO1. The van der Waals surface area contributed by atoms with Crippen molar-refractivity contribution in [3.8, 4) is 0 Å². The number of hydrogen-bond acceptors (Lipinski definition) is 4. The van der Waals surface area contributed by atoms with Gasteiger partial charge in [0, 0.05) is 19.1 Å². The third-order valence-corrected chi connectivity index (χ3v) is 3.71. The second-order valence-corrected chi connectivity index (χ2v) is 5.69. The summed E-state index contributed by atoms with van der Waals surface area (Å²) in [5.74, 6) is -0.102. The molecule has 1 aromatic carbocycles. The first-order chi connectivity index (χ1) is 10.1. The molecule has 0 unspecified atom stereocenters. The first kappa shape index (κ1) is 15.9. The van der Waals surface area contributed by atoms with Crippen molar-refractivity contribution >= 4 is 5.91 Å². The number of likely N-dealkylation sites (N-methyl/N-ethyl adjacent to an activating group) is 1. The zero-order valence-electron chi connectivity index (χ0n) is 12.7. The van der Waals surface area contributed by atoms with E-state index in [2.05, 4.69) is 10.2 Å². The molecule has 1 aromatic rings. The maximum Gasteiger partial charge on any atom is 0.250 e. The van der Waals surface area contributed by atoms with Gasteiger partial charge in [-0.1, -0.05) is 30.3 Å². The van der Waals surface area contributed by atoms with Crippen LogP contribution in [0.15, 0.2) is 30.3 Å². The predicted octanol–water partition coefficient (Wildman–Crippen LogP) is 0.945. The minimum atomic E-state index is -0.573. The van der Waals surface area contributed by atoms with Crippen molar-refractivity contribution < 1.29 is 14.6 Å². The molecule has 1 fully saturated rings. The Bertz CT molecular complexity index is 452. The Morgan fingerprint density at radius 3 is 2.86 bits per heavy atom. The first-order valence-corrected chi connectivity index (χ1v) is 7.40. The van der Waals surface area contributed by atoms with Crippen molar-refractivity contribution in [3.63, 3.8) is 0 Å². The lowest BCUT2D eigenvalue weighted by Gasteiger charge is -2.30. The monoisotopic (exact) mass is 292 g/mol. The van der Waals surface area contributed by atoms with Crippen molar-refractivity contribution in [3.05, 3.63) is 35.9 Å². The molecule has 5 heteroatoms. The highest BCUT2D eigenvalue weighted by Gasteiger charge is 2.26. The third kappa shape index (κ3) is 4.81. The zero-order chi connectivity index (χ0) is 15.2. The average molecular weight is 292 g/mol. The number of carbonyl (C=O) groups excluding carboxylic acids is 1. The lowest BCUT2D eigenvalue weighted by molar-refractivity contribution is -0.138. The van der Waals surface area contributed by atoms with Crippen LogP contribution in [0.5, 0.6) is 0 Å². The van der Waals surface area contributed by atoms with Gasteiger partial charge in [-0.3, -0.25) is 4.79 Å². The molecule has 5 nitrogen and oxygen atoms in total. The van der Waals surface area contributed by atoms with Gasteiger partial charge in [0.05, 0.1) is 12.7 Å². The van der Waals surface area contributed by atoms with Crippen molar-refractivity contribution in [2.75, 3.05) is 26.7 Å². The molecule has 2 N–H and O–H groups in total. The van der Waals surface area contributed by atoms with Gasteiger partial charge in [0.2, 0.25) is 0 Å². The number of carbonyl (C=O) groups is 1. The number of benzene rings is 1. The van der Waals surface area contributed by atoms with E-state index in [1.54, 1.807) is 0 Å². The molecule has 3 atom stereocenters. The molecule has 0 aromatic heterocycles. The maximum atomic E-state index is 12.1. The summed E-state index contributed by atoms with van der Waals surface area (Å²) in [6.07, 6.45) is -0.505. The van der Waals surface area contributed by atoms with Gasteiger partial charge < -0.3 is 20.1 Å². The van der Waals surface area contributed by atoms with Crippen LogP contribution in [0.2, 0.25) is 0 Å². The lowest BCUT2D eigenvalue weighted by atomic mass is 10.0. The fourth-order valence-corrected chi connectivity index (χ4v) is 2.48. The molecule has 1 saturated heterocycles. The zero-order valence-corrected chi connectivity index (χ0v) is 12.7. The van der Waals surface area contributed by atoms with E-state index in [-0.39, 0.29) is 11.9 Å². The Morgan fingerprint density at radius 2 is 2.19 bits per heavy atom. The molecule has 21 heavy (non-hydrogen) atoms. The van der Waals surface area contributed by atoms with Gasteiger partial charge in [0.1, 0.15) is 6.10 Å². The van der Waals surface area contributed by atoms with Crippen LogP contribution in [0.25, 0.3) is 0 Å². The summed E-state index contributed by atoms with van der Waals surface area (Å²) < 4.78 is 5.48. The number of nitrogens with zero attached hydrogens (tertiary/aromatic N) is 1. The highest BCUT2D eigenvalue weighted by atomic mass is 16.5. The molecule has 0 radical (unpaired) electrons. The van der Waals surface area contributed by atoms with Gasteiger partial charge in [0.25, 0.3) is 5.91 Å². The number of amides is 1. The number of rotatable bonds is 5. The molecule has 1 heterocycles. The van der Waals surface area contributed by atoms with Crippen LogP contribution in [0.1, 0.15) is 25.0 Å². The topological polar surface area (TPSA) is 61.8 Å². The van der Waals surface area contributed by atoms with Gasteiger partial charge >= 0.3 is 0 Å². The summed E-state index contributed by atoms with van der Waals surface area (Å²) in [4.78, 5) is 14.2. The van der Waals surface area contributed by atoms with Crippen LogP contribution in [0, 0.1) is 0 Å². The standard InChI is InChI=1S/C16H24N2O3/c1-12(10-14(19)13-6-4-3-5-7-13)17-16(20)15-11-18(2)8-9-21-15/h3-7,12,14-15,19H,8-11H2,1-2H3,(H,17,20)/t12-,14-,15+/m1/s1. The number of morpholine rings is 1. The molecule has 0 spiro atoms. The molecule has 2 rings (SSSR count). The fourth-order valence-electron chi connectivity index (χ4n) is 2.48. The summed E-state index contributed by atoms with van der Waals surface area (Å²) in [7, 11) is 1.98. The summed E-state index contributed by atoms with van der Waals surface area (Å²) in [6, 6.07) is 9.37. The van der Waals surface area contributed by atoms with Crippen LogP contribution < -0.4 is 5.32 Å². The van der Waals surface area contributed by atoms with Crippen LogP contribution in [-0.4, -0.2) is 54.8 Å². The second kappa shape index (κ2) is 7.54. The number of nitrogens with one attached hydrogen (secondary N) is 1. The summed E-state index contributed by atoms with van der Waals surface area (Å²) in [6.45, 7) is 3.94. The minimum absolute atomic E-state index is 0.102. The first-order valence-electron chi connectivity index (χ1n) is 7.40. The van der Waals surface area contributed by atoms with E-state index in [4.69, 9.17) is 4.74 Å². The normalized spacial score (nSPS) is 22.5. The smallest absolute Gasteiger partial charge is 0.250 e. The van der Waals surface area contributed by atoms with Crippen molar-refractivity contribution in [1.29, 1.82) is 0 Å². The highest BCUT2D eigenvalue weighted by Crippen LogP contribution is 2.17. The Kier molecular flexibility index (Phi) is 5.73. The fraction of sp³-hybridized carbons (Fsp3) is 0.562. The van der Waals surface area contributed by atoms with Gasteiger partial charge in [-0.05, 0) is 26.0 Å². The van der Waals surface area contributed by atoms with Crippen molar-refractivity contribution in [1.82, 2.24) is 10.2 Å². The summed E-state index contributed by atoms with van der Waals surface area (Å²) in [5.41, 5.74) is 0.868. The predicted molar refractivity (Wildman–Crippen MR) is 80.9 cm³/mol. The Balaban J connectivity index is 1.81.